The van der Waals surface area contributed by atoms with Gasteiger partial charge >= 0.3 is 0 Å². The molecule has 1 amide bonds. The smallest absolute Gasteiger partial charge is 0.255 e. The van der Waals surface area contributed by atoms with E-state index in [1.165, 1.54) is 0 Å². The topological polar surface area (TPSA) is 68.2 Å². The maximum atomic E-state index is 12.4. The Morgan fingerprint density at radius 1 is 1.26 bits per heavy atom. The number of carbonyl (C=O) groups excluding carboxylic acids is 1. The van der Waals surface area contributed by atoms with Crippen molar-refractivity contribution in [3.8, 4) is 5.88 Å². The van der Waals surface area contributed by atoms with Gasteiger partial charge in [-0.05, 0) is 26.0 Å². The highest BCUT2D eigenvalue weighted by atomic mass is 16.5. The summed E-state index contributed by atoms with van der Waals surface area (Å²) >= 11 is 0. The van der Waals surface area contributed by atoms with Crippen LogP contribution in [0.3, 0.4) is 0 Å². The molecule has 6 nitrogen and oxygen atoms in total. The minimum Gasteiger partial charge on any atom is -0.474 e. The molecule has 0 atom stereocenters. The van der Waals surface area contributed by atoms with E-state index in [1.54, 1.807) is 24.5 Å². The summed E-state index contributed by atoms with van der Waals surface area (Å²) < 4.78 is 5.95. The normalized spacial score (nSPS) is 15.5. The first kappa shape index (κ1) is 15.4. The van der Waals surface area contributed by atoms with Crippen LogP contribution in [0.1, 0.15) is 34.7 Å². The Bertz CT molecular complexity index is 662. The average molecular weight is 312 g/mol. The van der Waals surface area contributed by atoms with Gasteiger partial charge in [0.15, 0.2) is 0 Å². The number of likely N-dealkylation sites (tertiary alicyclic amines) is 1. The molecule has 3 rings (SSSR count). The van der Waals surface area contributed by atoms with Crippen molar-refractivity contribution in [1.29, 1.82) is 0 Å². The van der Waals surface area contributed by atoms with Gasteiger partial charge in [0.1, 0.15) is 11.9 Å². The Labute approximate surface area is 135 Å². The van der Waals surface area contributed by atoms with Gasteiger partial charge in [-0.2, -0.15) is 4.98 Å². The molecule has 1 fully saturated rings. The van der Waals surface area contributed by atoms with Gasteiger partial charge in [0.2, 0.25) is 5.88 Å². The number of rotatable bonds is 3. The summed E-state index contributed by atoms with van der Waals surface area (Å²) in [6, 6.07) is 5.42. The Balaban J connectivity index is 1.57. The molecule has 0 N–H and O–H groups in total. The van der Waals surface area contributed by atoms with Crippen molar-refractivity contribution in [3.63, 3.8) is 0 Å². The second-order valence-corrected chi connectivity index (χ2v) is 5.75. The lowest BCUT2D eigenvalue weighted by molar-refractivity contribution is 0.0587. The first-order chi connectivity index (χ1) is 11.1. The second kappa shape index (κ2) is 6.73. The van der Waals surface area contributed by atoms with Crippen LogP contribution in [0, 0.1) is 13.8 Å². The molecular weight excluding hydrogens is 292 g/mol. The number of pyridine rings is 1. The van der Waals surface area contributed by atoms with Crippen molar-refractivity contribution in [1.82, 2.24) is 19.9 Å². The summed E-state index contributed by atoms with van der Waals surface area (Å²) in [5.74, 6) is 1.36. The molecule has 3 heterocycles. The molecule has 23 heavy (non-hydrogen) atoms. The zero-order valence-corrected chi connectivity index (χ0v) is 13.4. The van der Waals surface area contributed by atoms with E-state index in [0.29, 0.717) is 30.4 Å². The number of ether oxygens (including phenoxy) is 1. The lowest BCUT2D eigenvalue weighted by atomic mass is 10.1. The second-order valence-electron chi connectivity index (χ2n) is 5.75. The molecule has 1 aliphatic rings. The van der Waals surface area contributed by atoms with Gasteiger partial charge in [0.25, 0.3) is 5.91 Å². The molecule has 6 heteroatoms. The molecule has 2 aromatic heterocycles. The fraction of sp³-hybridized carbons (Fsp3) is 0.412. The van der Waals surface area contributed by atoms with E-state index >= 15 is 0 Å². The molecule has 2 aromatic rings. The Morgan fingerprint density at radius 2 is 2.04 bits per heavy atom. The van der Waals surface area contributed by atoms with Crippen LogP contribution in [0.25, 0.3) is 0 Å². The van der Waals surface area contributed by atoms with Gasteiger partial charge in [-0.25, -0.2) is 4.98 Å². The fourth-order valence-corrected chi connectivity index (χ4v) is 2.76. The summed E-state index contributed by atoms with van der Waals surface area (Å²) in [6.45, 7) is 5.15. The predicted octanol–water partition coefficient (Wildman–Crippen LogP) is 2.17. The van der Waals surface area contributed by atoms with Crippen LogP contribution < -0.4 is 4.74 Å². The van der Waals surface area contributed by atoms with Gasteiger partial charge in [0.05, 0.1) is 5.56 Å². The lowest BCUT2D eigenvalue weighted by Crippen LogP contribution is -2.41. The van der Waals surface area contributed by atoms with Gasteiger partial charge < -0.3 is 9.64 Å². The highest BCUT2D eigenvalue weighted by molar-refractivity contribution is 5.93. The molecule has 0 spiro atoms. The van der Waals surface area contributed by atoms with Gasteiger partial charge in [0, 0.05) is 50.1 Å². The number of carbonyl (C=O) groups is 1. The fourth-order valence-electron chi connectivity index (χ4n) is 2.76. The highest BCUT2D eigenvalue weighted by Gasteiger charge is 2.25. The number of nitrogens with zero attached hydrogens (tertiary/aromatic N) is 4. The van der Waals surface area contributed by atoms with Crippen LogP contribution in [0.2, 0.25) is 0 Å². The van der Waals surface area contributed by atoms with E-state index < -0.39 is 0 Å². The number of amides is 1. The van der Waals surface area contributed by atoms with Crippen molar-refractivity contribution < 1.29 is 9.53 Å². The van der Waals surface area contributed by atoms with Gasteiger partial charge in [-0.15, -0.1) is 0 Å². The molecule has 0 unspecified atom stereocenters. The van der Waals surface area contributed by atoms with Crippen LogP contribution >= 0.6 is 0 Å². The molecule has 0 aromatic carbocycles. The SMILES string of the molecule is Cc1cc(OC2CCN(C(=O)c3cccnc3)CC2)nc(C)n1. The van der Waals surface area contributed by atoms with Crippen molar-refractivity contribution in [3.05, 3.63) is 47.7 Å². The number of aromatic nitrogens is 3. The number of hydrogen-bond acceptors (Lipinski definition) is 5. The average Bonchev–Trinajstić information content (AvgIpc) is 2.55. The molecule has 0 radical (unpaired) electrons. The third-order valence-electron chi connectivity index (χ3n) is 3.87. The molecule has 0 aliphatic carbocycles. The van der Waals surface area contributed by atoms with Gasteiger partial charge in [-0.3, -0.25) is 9.78 Å². The van der Waals surface area contributed by atoms with Crippen LogP contribution in [-0.4, -0.2) is 45.0 Å². The summed E-state index contributed by atoms with van der Waals surface area (Å²) in [4.78, 5) is 26.8. The molecule has 1 saturated heterocycles. The first-order valence-electron chi connectivity index (χ1n) is 7.80. The minimum absolute atomic E-state index is 0.0327. The summed E-state index contributed by atoms with van der Waals surface area (Å²) in [7, 11) is 0. The number of hydrogen-bond donors (Lipinski definition) is 0. The van der Waals surface area contributed by atoms with Crippen LogP contribution in [0.15, 0.2) is 30.6 Å². The van der Waals surface area contributed by atoms with Crippen molar-refractivity contribution >= 4 is 5.91 Å². The third-order valence-corrected chi connectivity index (χ3v) is 3.87. The standard InChI is InChI=1S/C17H20N4O2/c1-12-10-16(20-13(2)19-12)23-15-5-8-21(9-6-15)17(22)14-4-3-7-18-11-14/h3-4,7,10-11,15H,5-6,8-9H2,1-2H3. The number of aryl methyl sites for hydroxylation is 2. The molecular formula is C17H20N4O2. The van der Waals surface area contributed by atoms with Gasteiger partial charge in [-0.1, -0.05) is 0 Å². The van der Waals surface area contributed by atoms with E-state index in [9.17, 15) is 4.79 Å². The molecule has 0 saturated carbocycles. The Hall–Kier alpha value is -2.50. The lowest BCUT2D eigenvalue weighted by Gasteiger charge is -2.32. The van der Waals surface area contributed by atoms with E-state index in [4.69, 9.17) is 4.74 Å². The largest absolute Gasteiger partial charge is 0.474 e. The van der Waals surface area contributed by atoms with Crippen molar-refractivity contribution in [2.75, 3.05) is 13.1 Å². The Kier molecular flexibility index (Phi) is 4.50. The zero-order chi connectivity index (χ0) is 16.2. The van der Waals surface area contributed by atoms with Crippen LogP contribution in [-0.2, 0) is 0 Å². The summed E-state index contributed by atoms with van der Waals surface area (Å²) in [5, 5.41) is 0. The maximum absolute atomic E-state index is 12.4. The number of piperidine rings is 1. The monoisotopic (exact) mass is 312 g/mol. The van der Waals surface area contributed by atoms with E-state index in [2.05, 4.69) is 15.0 Å². The third kappa shape index (κ3) is 3.83. The van der Waals surface area contributed by atoms with Crippen molar-refractivity contribution in [2.45, 2.75) is 32.8 Å². The van der Waals surface area contributed by atoms with Crippen molar-refractivity contribution in [2.24, 2.45) is 0 Å². The first-order valence-corrected chi connectivity index (χ1v) is 7.80. The summed E-state index contributed by atoms with van der Waals surface area (Å²) in [5.41, 5.74) is 1.53. The highest BCUT2D eigenvalue weighted by Crippen LogP contribution is 2.19. The zero-order valence-electron chi connectivity index (χ0n) is 13.4. The van der Waals surface area contributed by atoms with E-state index in [-0.39, 0.29) is 12.0 Å². The minimum atomic E-state index is 0.0327. The summed E-state index contributed by atoms with van der Waals surface area (Å²) in [6.07, 6.45) is 4.96. The van der Waals surface area contributed by atoms with E-state index in [1.807, 2.05) is 24.8 Å². The quantitative estimate of drug-likeness (QED) is 0.869. The molecule has 1 aliphatic heterocycles. The van der Waals surface area contributed by atoms with Crippen LogP contribution in [0.5, 0.6) is 5.88 Å². The predicted molar refractivity (Wildman–Crippen MR) is 85.3 cm³/mol. The molecule has 0 bridgehead atoms. The Morgan fingerprint density at radius 3 is 2.70 bits per heavy atom. The van der Waals surface area contributed by atoms with E-state index in [0.717, 1.165) is 18.5 Å². The van der Waals surface area contributed by atoms with Crippen LogP contribution in [0.4, 0.5) is 0 Å². The molecule has 120 valence electrons. The maximum Gasteiger partial charge on any atom is 0.255 e.